The number of alkyl halides is 6. The first kappa shape index (κ1) is 36.1. The Morgan fingerprint density at radius 3 is 0.897 bits per heavy atom. The van der Waals surface area contributed by atoms with Gasteiger partial charge in [0.1, 0.15) is 11.5 Å². The fourth-order valence-electron chi connectivity index (χ4n) is 2.16. The molecule has 0 aromatic heterocycles. The van der Waals surface area contributed by atoms with Crippen LogP contribution in [0.15, 0.2) is 119 Å². The van der Waals surface area contributed by atoms with Gasteiger partial charge >= 0.3 is 37.2 Å². The quantitative estimate of drug-likeness (QED) is 0.194. The summed E-state index contributed by atoms with van der Waals surface area (Å²) in [6.45, 7) is 0. The molecule has 0 bridgehead atoms. The van der Waals surface area contributed by atoms with Gasteiger partial charge in [-0.3, -0.25) is 0 Å². The zero-order chi connectivity index (χ0) is 29.0. The van der Waals surface area contributed by atoms with E-state index in [1.54, 1.807) is 0 Å². The van der Waals surface area contributed by atoms with Crippen LogP contribution in [0.3, 0.4) is 0 Å². The van der Waals surface area contributed by atoms with Crippen LogP contribution >= 0.6 is 0 Å². The number of phenolic OH excluding ortho intramolecular Hbond substituents is 2. The van der Waals surface area contributed by atoms with Gasteiger partial charge in [0.05, 0.1) is 9.79 Å². The Balaban J connectivity index is 0.000000537. The Morgan fingerprint density at radius 1 is 0.513 bits per heavy atom. The van der Waals surface area contributed by atoms with Crippen molar-refractivity contribution >= 4 is 19.7 Å². The number of rotatable bonds is 2. The largest absolute Gasteiger partial charge is 2.00 e. The first-order valence-corrected chi connectivity index (χ1v) is 13.0. The number of hydrogen-bond donors (Lipinski definition) is 2. The molecule has 4 aromatic carbocycles. The Bertz CT molecular complexity index is 1250. The van der Waals surface area contributed by atoms with Crippen molar-refractivity contribution in [1.29, 1.82) is 0 Å². The standard InChI is InChI=1S/2C7H5F3O3S.2C5H5.Zr/c2*8-7(9,10)14(12,13)6-3-1-5(11)2-4-6;2*1-2-4-5-3-1;/h2*1-4,11H;2*1-5H;/q;;2*-1;+2. The molecule has 0 aliphatic rings. The Morgan fingerprint density at radius 2 is 0.744 bits per heavy atom. The maximum Gasteiger partial charge on any atom is 2.00 e. The van der Waals surface area contributed by atoms with E-state index in [2.05, 4.69) is 0 Å². The van der Waals surface area contributed by atoms with Crippen molar-refractivity contribution in [3.63, 3.8) is 0 Å². The first-order valence-electron chi connectivity index (χ1n) is 10.0. The van der Waals surface area contributed by atoms with Gasteiger partial charge in [-0.1, -0.05) is 0 Å². The number of aromatic hydroxyl groups is 2. The van der Waals surface area contributed by atoms with Crippen molar-refractivity contribution in [3.05, 3.63) is 109 Å². The number of sulfone groups is 2. The molecule has 2 N–H and O–H groups in total. The summed E-state index contributed by atoms with van der Waals surface area (Å²) in [6.07, 6.45) is 0. The summed E-state index contributed by atoms with van der Waals surface area (Å²) in [5, 5.41) is 17.5. The first-order chi connectivity index (χ1) is 17.5. The summed E-state index contributed by atoms with van der Waals surface area (Å²) < 4.78 is 115. The van der Waals surface area contributed by atoms with Crippen LogP contribution in [-0.2, 0) is 45.9 Å². The molecule has 0 unspecified atom stereocenters. The molecular weight excluding hydrogens is 654 g/mol. The van der Waals surface area contributed by atoms with Crippen LogP contribution in [-0.4, -0.2) is 38.1 Å². The molecule has 210 valence electrons. The normalized spacial score (nSPS) is 11.2. The molecule has 4 aromatic rings. The molecule has 0 spiro atoms. The van der Waals surface area contributed by atoms with Crippen molar-refractivity contribution in [3.8, 4) is 11.5 Å². The topological polar surface area (TPSA) is 109 Å². The van der Waals surface area contributed by atoms with Gasteiger partial charge in [0.15, 0.2) is 0 Å². The molecule has 0 saturated carbocycles. The van der Waals surface area contributed by atoms with Crippen molar-refractivity contribution in [2.75, 3.05) is 0 Å². The smallest absolute Gasteiger partial charge is 0.508 e. The fourth-order valence-corrected chi connectivity index (χ4v) is 3.68. The summed E-state index contributed by atoms with van der Waals surface area (Å²) >= 11 is 0. The van der Waals surface area contributed by atoms with Gasteiger partial charge in [-0.25, -0.2) is 41.1 Å². The van der Waals surface area contributed by atoms with Crippen LogP contribution in [0.4, 0.5) is 26.3 Å². The van der Waals surface area contributed by atoms with E-state index in [0.717, 1.165) is 24.3 Å². The molecule has 0 fully saturated rings. The molecule has 0 heterocycles. The number of hydrogen-bond acceptors (Lipinski definition) is 6. The third-order valence-electron chi connectivity index (χ3n) is 4.01. The molecular formula is C24H20F6O6S2Zr. The monoisotopic (exact) mass is 672 g/mol. The Labute approximate surface area is 239 Å². The minimum absolute atomic E-state index is 0. The maximum absolute atomic E-state index is 12.0. The molecule has 4 rings (SSSR count). The molecule has 6 nitrogen and oxygen atoms in total. The molecule has 39 heavy (non-hydrogen) atoms. The van der Waals surface area contributed by atoms with E-state index in [1.165, 1.54) is 0 Å². The van der Waals surface area contributed by atoms with E-state index in [9.17, 15) is 43.2 Å². The minimum atomic E-state index is -5.32. The molecule has 15 heteroatoms. The van der Waals surface area contributed by atoms with E-state index in [-0.39, 0.29) is 37.7 Å². The van der Waals surface area contributed by atoms with Crippen molar-refractivity contribution in [2.45, 2.75) is 20.8 Å². The van der Waals surface area contributed by atoms with Crippen LogP contribution in [0.2, 0.25) is 0 Å². The number of phenols is 2. The third kappa shape index (κ3) is 11.8. The number of benzene rings is 2. The maximum atomic E-state index is 12.0. The van der Waals surface area contributed by atoms with Crippen LogP contribution < -0.4 is 0 Å². The number of halogens is 6. The Hall–Kier alpha value is -2.90. The zero-order valence-corrected chi connectivity index (χ0v) is 23.6. The molecule has 0 radical (unpaired) electrons. The third-order valence-corrected chi connectivity index (χ3v) is 7.02. The van der Waals surface area contributed by atoms with Gasteiger partial charge in [-0.15, -0.1) is 0 Å². The predicted octanol–water partition coefficient (Wildman–Crippen LogP) is 6.18. The fraction of sp³-hybridized carbons (Fsp3) is 0.0833. The van der Waals surface area contributed by atoms with Gasteiger partial charge in [0, 0.05) is 0 Å². The second-order valence-electron chi connectivity index (χ2n) is 6.81. The molecule has 0 atom stereocenters. The predicted molar refractivity (Wildman–Crippen MR) is 127 cm³/mol. The summed E-state index contributed by atoms with van der Waals surface area (Å²) in [5.41, 5.74) is -10.6. The van der Waals surface area contributed by atoms with Crippen molar-refractivity contribution in [1.82, 2.24) is 0 Å². The molecule has 0 saturated heterocycles. The second kappa shape index (κ2) is 15.6. The van der Waals surface area contributed by atoms with E-state index in [0.29, 0.717) is 24.3 Å². The van der Waals surface area contributed by atoms with Crippen molar-refractivity contribution in [2.24, 2.45) is 0 Å². The summed E-state index contributed by atoms with van der Waals surface area (Å²) in [5.74, 6) is -0.600. The molecule has 0 aliphatic carbocycles. The summed E-state index contributed by atoms with van der Waals surface area (Å²) in [6, 6.07) is 26.3. The van der Waals surface area contributed by atoms with Crippen LogP contribution in [0.25, 0.3) is 0 Å². The molecule has 0 amide bonds. The van der Waals surface area contributed by atoms with Gasteiger partial charge in [0.2, 0.25) is 0 Å². The Kier molecular flexibility index (Phi) is 14.5. The van der Waals surface area contributed by atoms with Crippen LogP contribution in [0, 0.1) is 0 Å². The molecule has 0 aliphatic heterocycles. The average Bonchev–Trinajstić information content (AvgIpc) is 3.58. The van der Waals surface area contributed by atoms with Crippen LogP contribution in [0.1, 0.15) is 0 Å². The summed E-state index contributed by atoms with van der Waals surface area (Å²) in [7, 11) is -10.6. The van der Waals surface area contributed by atoms with E-state index >= 15 is 0 Å². The average molecular weight is 674 g/mol. The summed E-state index contributed by atoms with van der Waals surface area (Å²) in [4.78, 5) is -1.77. The minimum Gasteiger partial charge on any atom is -0.508 e. The van der Waals surface area contributed by atoms with E-state index in [4.69, 9.17) is 10.2 Å². The van der Waals surface area contributed by atoms with E-state index < -0.39 is 40.5 Å². The van der Waals surface area contributed by atoms with Gasteiger partial charge in [-0.05, 0) is 48.5 Å². The van der Waals surface area contributed by atoms with Crippen LogP contribution in [0.5, 0.6) is 11.5 Å². The van der Waals surface area contributed by atoms with E-state index in [1.807, 2.05) is 60.7 Å². The van der Waals surface area contributed by atoms with Gasteiger partial charge in [0.25, 0.3) is 19.7 Å². The van der Waals surface area contributed by atoms with Gasteiger partial charge in [-0.2, -0.15) is 62.7 Å². The van der Waals surface area contributed by atoms with Gasteiger partial charge < -0.3 is 10.2 Å². The zero-order valence-electron chi connectivity index (χ0n) is 19.5. The van der Waals surface area contributed by atoms with Crippen molar-refractivity contribution < 1.29 is 79.6 Å². The second-order valence-corrected chi connectivity index (χ2v) is 10.7. The SMILES string of the molecule is O=S(=O)(c1ccc(O)cc1)C(F)(F)F.O=S(=O)(c1ccc(O)cc1)C(F)(F)F.[Zr+2].c1cc[cH-]c1.c1cc[cH-]c1.